The van der Waals surface area contributed by atoms with Crippen molar-refractivity contribution in [1.82, 2.24) is 3.11 Å². The average molecular weight is 357 g/mol. The van der Waals surface area contributed by atoms with Crippen LogP contribution in [0.5, 0.6) is 0 Å². The zero-order valence-electron chi connectivity index (χ0n) is 8.58. The van der Waals surface area contributed by atoms with E-state index in [1.165, 1.54) is 24.3 Å². The van der Waals surface area contributed by atoms with E-state index in [1.54, 1.807) is 0 Å². The number of imide groups is 1. The fourth-order valence-electron chi connectivity index (χ4n) is 1.54. The van der Waals surface area contributed by atoms with Gasteiger partial charge in [-0.25, -0.2) is 0 Å². The van der Waals surface area contributed by atoms with Crippen LogP contribution in [0, 0.1) is 3.57 Å². The van der Waals surface area contributed by atoms with Crippen molar-refractivity contribution in [3.05, 3.63) is 33.4 Å². The fourth-order valence-corrected chi connectivity index (χ4v) is 6.15. The molecule has 0 saturated heterocycles. The Morgan fingerprint density at radius 3 is 2.41 bits per heavy atom. The number of carbonyl (C=O) groups excluding carboxylic acids is 2. The molecule has 0 unspecified atom stereocenters. The van der Waals surface area contributed by atoms with E-state index < -0.39 is 36.1 Å². The summed E-state index contributed by atoms with van der Waals surface area (Å²) < 4.78 is 34.7. The molecule has 0 spiro atoms. The molecule has 0 aromatic heterocycles. The van der Waals surface area contributed by atoms with Crippen LogP contribution in [0.15, 0.2) is 24.3 Å². The Labute approximate surface area is 102 Å². The number of alkyl halides is 4. The second kappa shape index (κ2) is 3.97. The van der Waals surface area contributed by atoms with Crippen LogP contribution < -0.4 is 0 Å². The Kier molecular flexibility index (Phi) is 2.88. The predicted octanol–water partition coefficient (Wildman–Crippen LogP) is 2.80. The van der Waals surface area contributed by atoms with Gasteiger partial charge in [0.05, 0.1) is 0 Å². The Morgan fingerprint density at radius 1 is 1.29 bits per heavy atom. The van der Waals surface area contributed by atoms with E-state index in [0.29, 0.717) is 3.11 Å². The molecule has 0 aliphatic carbocycles. The molecule has 2 rings (SSSR count). The minimum atomic E-state index is -4.50. The van der Waals surface area contributed by atoms with Gasteiger partial charge in [-0.3, -0.25) is 0 Å². The van der Waals surface area contributed by atoms with Gasteiger partial charge in [-0.2, -0.15) is 0 Å². The summed E-state index contributed by atoms with van der Waals surface area (Å²) >= 11 is -3.97. The summed E-state index contributed by atoms with van der Waals surface area (Å²) in [7, 11) is 0. The molecule has 2 amide bonds. The molecule has 17 heavy (non-hydrogen) atoms. The van der Waals surface area contributed by atoms with Crippen LogP contribution in [0.1, 0.15) is 17.3 Å². The summed E-state index contributed by atoms with van der Waals surface area (Å²) in [4.78, 5) is 23.0. The van der Waals surface area contributed by atoms with Crippen molar-refractivity contribution in [1.29, 1.82) is 0 Å². The molecule has 0 N–H and O–H groups in total. The topological polar surface area (TPSA) is 37.4 Å². The van der Waals surface area contributed by atoms with Gasteiger partial charge in [0.25, 0.3) is 0 Å². The number of benzene rings is 1. The van der Waals surface area contributed by atoms with Crippen molar-refractivity contribution in [2.24, 2.45) is 0 Å². The standard InChI is InChI=1S/C10H7F3INO2/c1-6(16)15-9(17)7-4-2-3-5-8(7)14(15)10(11,12)13/h2-5H,1H3. The van der Waals surface area contributed by atoms with Gasteiger partial charge in [-0.15, -0.1) is 0 Å². The van der Waals surface area contributed by atoms with Crippen LogP contribution in [0.4, 0.5) is 13.2 Å². The van der Waals surface area contributed by atoms with E-state index in [0.717, 1.165) is 6.92 Å². The Bertz CT molecular complexity index is 501. The van der Waals surface area contributed by atoms with Crippen LogP contribution in [-0.2, 0) is 4.79 Å². The van der Waals surface area contributed by atoms with Gasteiger partial charge in [0.15, 0.2) is 0 Å². The Morgan fingerprint density at radius 2 is 1.88 bits per heavy atom. The van der Waals surface area contributed by atoms with Crippen molar-refractivity contribution in [3.8, 4) is 0 Å². The summed E-state index contributed by atoms with van der Waals surface area (Å²) in [5.74, 6) is -1.66. The molecule has 0 atom stereocenters. The zero-order chi connectivity index (χ0) is 12.8. The van der Waals surface area contributed by atoms with Crippen LogP contribution in [-0.4, -0.2) is 19.1 Å². The van der Waals surface area contributed by atoms with Crippen molar-refractivity contribution in [3.63, 3.8) is 0 Å². The molecule has 1 aliphatic rings. The number of hydrogen-bond acceptors (Lipinski definition) is 2. The molecular formula is C10H7F3INO2. The van der Waals surface area contributed by atoms with Gasteiger partial charge in [-0.1, -0.05) is 0 Å². The third kappa shape index (κ3) is 1.92. The summed E-state index contributed by atoms with van der Waals surface area (Å²) in [6.45, 7) is 0.986. The van der Waals surface area contributed by atoms with E-state index in [1.807, 2.05) is 0 Å². The van der Waals surface area contributed by atoms with Gasteiger partial charge < -0.3 is 0 Å². The van der Waals surface area contributed by atoms with Gasteiger partial charge in [-0.05, 0) is 0 Å². The number of fused-ring (bicyclic) bond motifs is 1. The number of nitrogens with zero attached hydrogens (tertiary/aromatic N) is 1. The molecule has 1 aromatic rings. The first kappa shape index (κ1) is 12.3. The number of halogens is 4. The van der Waals surface area contributed by atoms with E-state index in [4.69, 9.17) is 0 Å². The van der Waals surface area contributed by atoms with E-state index in [9.17, 15) is 22.8 Å². The first-order chi connectivity index (χ1) is 7.84. The number of rotatable bonds is 0. The molecule has 1 heterocycles. The van der Waals surface area contributed by atoms with Gasteiger partial charge in [0.2, 0.25) is 0 Å². The SMILES string of the molecule is CC(=O)N1C(=O)c2ccccc2I1C(F)(F)F. The maximum atomic E-state index is 12.9. The molecule has 0 radical (unpaired) electrons. The quantitative estimate of drug-likeness (QED) is 0.407. The average Bonchev–Trinajstić information content (AvgIpc) is 2.52. The van der Waals surface area contributed by atoms with Crippen molar-refractivity contribution >= 4 is 31.9 Å². The maximum absolute atomic E-state index is 12.9. The number of carbonyl (C=O) groups is 2. The van der Waals surface area contributed by atoms with Crippen LogP contribution in [0.25, 0.3) is 0 Å². The predicted molar refractivity (Wildman–Crippen MR) is 62.1 cm³/mol. The third-order valence-electron chi connectivity index (χ3n) is 2.12. The molecule has 92 valence electrons. The normalized spacial score (nSPS) is 17.3. The van der Waals surface area contributed by atoms with E-state index in [-0.39, 0.29) is 9.13 Å². The summed E-state index contributed by atoms with van der Waals surface area (Å²) in [6, 6.07) is 5.56. The van der Waals surface area contributed by atoms with Gasteiger partial charge in [0, 0.05) is 0 Å². The van der Waals surface area contributed by atoms with Crippen LogP contribution in [0.3, 0.4) is 0 Å². The summed E-state index contributed by atoms with van der Waals surface area (Å²) in [5.41, 5.74) is 0.00484. The Hall–Kier alpha value is -1.12. The van der Waals surface area contributed by atoms with Crippen LogP contribution >= 0.6 is 20.1 Å². The molecule has 1 aliphatic heterocycles. The van der Waals surface area contributed by atoms with Crippen LogP contribution in [0.2, 0.25) is 0 Å². The number of amides is 2. The molecule has 7 heteroatoms. The molecular weight excluding hydrogens is 350 g/mol. The minimum absolute atomic E-state index is 0.00484. The molecule has 0 saturated carbocycles. The molecule has 0 fully saturated rings. The van der Waals surface area contributed by atoms with Gasteiger partial charge >= 0.3 is 102 Å². The third-order valence-corrected chi connectivity index (χ3v) is 7.41. The van der Waals surface area contributed by atoms with Crippen molar-refractivity contribution < 1.29 is 22.8 Å². The zero-order valence-corrected chi connectivity index (χ0v) is 10.7. The number of hydrogen-bond donors (Lipinski definition) is 0. The van der Waals surface area contributed by atoms with E-state index in [2.05, 4.69) is 0 Å². The fraction of sp³-hybridized carbons (Fsp3) is 0.200. The molecule has 3 nitrogen and oxygen atoms in total. The monoisotopic (exact) mass is 357 g/mol. The molecule has 1 aromatic carbocycles. The second-order valence-corrected chi connectivity index (χ2v) is 8.13. The molecule has 0 bridgehead atoms. The van der Waals surface area contributed by atoms with Crippen molar-refractivity contribution in [2.75, 3.05) is 0 Å². The first-order valence-electron chi connectivity index (χ1n) is 4.55. The van der Waals surface area contributed by atoms with Gasteiger partial charge in [0.1, 0.15) is 0 Å². The summed E-state index contributed by atoms with van der Waals surface area (Å²) in [5, 5.41) is 0. The first-order valence-corrected chi connectivity index (χ1v) is 7.67. The van der Waals surface area contributed by atoms with E-state index >= 15 is 0 Å². The second-order valence-electron chi connectivity index (χ2n) is 3.28. The summed E-state index contributed by atoms with van der Waals surface area (Å²) in [6.07, 6.45) is 0. The Balaban J connectivity index is 2.61. The van der Waals surface area contributed by atoms with Crippen molar-refractivity contribution in [2.45, 2.75) is 11.1 Å².